The monoisotopic (exact) mass is 381 g/mol. The number of amides is 4. The highest BCUT2D eigenvalue weighted by Gasteiger charge is 2.24. The van der Waals surface area contributed by atoms with E-state index in [1.165, 1.54) is 12.3 Å². The van der Waals surface area contributed by atoms with Crippen LogP contribution in [0.5, 0.6) is 0 Å². The van der Waals surface area contributed by atoms with Crippen LogP contribution in [0, 0.1) is 0 Å². The number of benzene rings is 1. The van der Waals surface area contributed by atoms with Crippen molar-refractivity contribution in [3.63, 3.8) is 0 Å². The molecule has 2 heterocycles. The summed E-state index contributed by atoms with van der Waals surface area (Å²) in [4.78, 5) is 43.7. The van der Waals surface area contributed by atoms with Gasteiger partial charge in [0.1, 0.15) is 11.3 Å². The number of carbonyl (C=O) groups excluding carboxylic acids is 3. The van der Waals surface area contributed by atoms with E-state index in [1.54, 1.807) is 20.8 Å². The highest BCUT2D eigenvalue weighted by molar-refractivity contribution is 6.13. The van der Waals surface area contributed by atoms with E-state index in [0.717, 1.165) is 5.56 Å². The number of aromatic nitrogens is 2. The molecule has 1 aliphatic rings. The Bertz CT molecular complexity index is 964. The van der Waals surface area contributed by atoms with E-state index in [4.69, 9.17) is 4.74 Å². The van der Waals surface area contributed by atoms with E-state index in [-0.39, 0.29) is 11.5 Å². The first-order valence-corrected chi connectivity index (χ1v) is 8.48. The lowest BCUT2D eigenvalue weighted by molar-refractivity contribution is -0.115. The molecule has 28 heavy (non-hydrogen) atoms. The molecular formula is C19H19N5O4. The molecule has 3 N–H and O–H groups in total. The first-order chi connectivity index (χ1) is 13.2. The Labute approximate surface area is 161 Å². The lowest BCUT2D eigenvalue weighted by Crippen LogP contribution is -2.27. The average molecular weight is 381 g/mol. The van der Waals surface area contributed by atoms with Crippen LogP contribution in [-0.2, 0) is 9.53 Å². The van der Waals surface area contributed by atoms with Crippen LogP contribution in [-0.4, -0.2) is 33.6 Å². The van der Waals surface area contributed by atoms with Gasteiger partial charge in [-0.2, -0.15) is 0 Å². The normalized spacial score (nSPS) is 15.2. The van der Waals surface area contributed by atoms with Crippen LogP contribution in [0.1, 0.15) is 26.6 Å². The zero-order valence-electron chi connectivity index (χ0n) is 15.6. The lowest BCUT2D eigenvalue weighted by Gasteiger charge is -2.20. The second-order valence-electron chi connectivity index (χ2n) is 6.95. The maximum absolute atomic E-state index is 12.2. The molecule has 0 atom stereocenters. The Kier molecular flexibility index (Phi) is 5.08. The van der Waals surface area contributed by atoms with Crippen LogP contribution in [0.15, 0.2) is 42.2 Å². The Morgan fingerprint density at radius 2 is 1.86 bits per heavy atom. The number of imide groups is 1. The molecule has 144 valence electrons. The van der Waals surface area contributed by atoms with Crippen LogP contribution >= 0.6 is 0 Å². The van der Waals surface area contributed by atoms with Gasteiger partial charge in [-0.25, -0.2) is 19.6 Å². The minimum Gasteiger partial charge on any atom is -0.444 e. The lowest BCUT2D eigenvalue weighted by atomic mass is 10.1. The molecule has 0 saturated carbocycles. The standard InChI is InChI=1S/C19H19N5O4/c1-19(2,3)28-18(27)22-13-10-20-14(9-12-16(25)24-17(26)21-12)23-15(13)11-7-5-4-6-8-11/h4-10H,1-3H3,(H,22,27)(H2,21,24,25,26). The van der Waals surface area contributed by atoms with Crippen molar-refractivity contribution in [3.8, 4) is 11.3 Å². The van der Waals surface area contributed by atoms with Crippen molar-refractivity contribution in [2.45, 2.75) is 26.4 Å². The van der Waals surface area contributed by atoms with Gasteiger partial charge >= 0.3 is 12.1 Å². The maximum Gasteiger partial charge on any atom is 0.412 e. The molecule has 1 aromatic carbocycles. The van der Waals surface area contributed by atoms with Gasteiger partial charge in [0.25, 0.3) is 5.91 Å². The van der Waals surface area contributed by atoms with Gasteiger partial charge in [-0.1, -0.05) is 30.3 Å². The predicted octanol–water partition coefficient (Wildman–Crippen LogP) is 2.67. The molecule has 0 aliphatic carbocycles. The molecule has 1 fully saturated rings. The first kappa shape index (κ1) is 19.0. The van der Waals surface area contributed by atoms with Crippen molar-refractivity contribution < 1.29 is 19.1 Å². The van der Waals surface area contributed by atoms with Gasteiger partial charge in [-0.05, 0) is 20.8 Å². The topological polar surface area (TPSA) is 122 Å². The molecule has 3 rings (SSSR count). The second-order valence-corrected chi connectivity index (χ2v) is 6.95. The minimum atomic E-state index is -0.656. The van der Waals surface area contributed by atoms with E-state index in [1.807, 2.05) is 30.3 Å². The van der Waals surface area contributed by atoms with Crippen molar-refractivity contribution in [1.82, 2.24) is 20.6 Å². The summed E-state index contributed by atoms with van der Waals surface area (Å²) < 4.78 is 5.28. The summed E-state index contributed by atoms with van der Waals surface area (Å²) in [6.45, 7) is 5.28. The fourth-order valence-corrected chi connectivity index (χ4v) is 2.40. The largest absolute Gasteiger partial charge is 0.444 e. The predicted molar refractivity (Wildman–Crippen MR) is 102 cm³/mol. The van der Waals surface area contributed by atoms with E-state index in [2.05, 4.69) is 25.9 Å². The molecule has 9 nitrogen and oxygen atoms in total. The fraction of sp³-hybridized carbons (Fsp3) is 0.211. The van der Waals surface area contributed by atoms with Gasteiger partial charge in [-0.15, -0.1) is 0 Å². The molecule has 1 aliphatic heterocycles. The van der Waals surface area contributed by atoms with Gasteiger partial charge in [0.05, 0.1) is 17.6 Å². The summed E-state index contributed by atoms with van der Waals surface area (Å²) in [5.41, 5.74) is 0.906. The van der Waals surface area contributed by atoms with Gasteiger partial charge in [0.2, 0.25) is 0 Å². The molecule has 2 aromatic rings. The number of ether oxygens (including phenoxy) is 1. The Hall–Kier alpha value is -3.75. The van der Waals surface area contributed by atoms with E-state index in [9.17, 15) is 14.4 Å². The summed E-state index contributed by atoms with van der Waals surface area (Å²) in [7, 11) is 0. The van der Waals surface area contributed by atoms with Crippen molar-refractivity contribution >= 4 is 29.8 Å². The number of hydrogen-bond acceptors (Lipinski definition) is 6. The molecule has 0 radical (unpaired) electrons. The van der Waals surface area contributed by atoms with Crippen LogP contribution in [0.3, 0.4) is 0 Å². The molecule has 0 bridgehead atoms. The van der Waals surface area contributed by atoms with Crippen LogP contribution in [0.25, 0.3) is 17.3 Å². The van der Waals surface area contributed by atoms with Crippen molar-refractivity contribution in [2.24, 2.45) is 0 Å². The van der Waals surface area contributed by atoms with Crippen LogP contribution in [0.2, 0.25) is 0 Å². The third-order valence-corrected chi connectivity index (χ3v) is 3.48. The molecule has 9 heteroatoms. The highest BCUT2D eigenvalue weighted by Crippen LogP contribution is 2.26. The summed E-state index contributed by atoms with van der Waals surface area (Å²) >= 11 is 0. The number of rotatable bonds is 3. The van der Waals surface area contributed by atoms with Crippen LogP contribution < -0.4 is 16.0 Å². The van der Waals surface area contributed by atoms with Crippen LogP contribution in [0.4, 0.5) is 15.3 Å². The number of urea groups is 1. The Balaban J connectivity index is 1.96. The van der Waals surface area contributed by atoms with Gasteiger partial charge in [0, 0.05) is 11.6 Å². The number of carbonyl (C=O) groups is 3. The smallest absolute Gasteiger partial charge is 0.412 e. The summed E-state index contributed by atoms with van der Waals surface area (Å²) in [6.07, 6.45) is 2.13. The highest BCUT2D eigenvalue weighted by atomic mass is 16.6. The third-order valence-electron chi connectivity index (χ3n) is 3.48. The number of nitrogens with one attached hydrogen (secondary N) is 3. The number of hydrogen-bond donors (Lipinski definition) is 3. The zero-order valence-corrected chi connectivity index (χ0v) is 15.6. The SMILES string of the molecule is CC(C)(C)OC(=O)Nc1cnc(C=C2NC(=O)NC2=O)nc1-c1ccccc1. The van der Waals surface area contributed by atoms with E-state index in [0.29, 0.717) is 11.4 Å². The van der Waals surface area contributed by atoms with Gasteiger partial charge in [0.15, 0.2) is 5.82 Å². The van der Waals surface area contributed by atoms with E-state index < -0.39 is 23.6 Å². The molecule has 1 aromatic heterocycles. The first-order valence-electron chi connectivity index (χ1n) is 8.48. The summed E-state index contributed by atoms with van der Waals surface area (Å²) in [5.74, 6) is -0.369. The average Bonchev–Trinajstić information content (AvgIpc) is 2.92. The summed E-state index contributed by atoms with van der Waals surface area (Å²) in [6, 6.07) is 8.55. The number of anilines is 1. The van der Waals surface area contributed by atoms with Gasteiger partial charge in [-0.3, -0.25) is 15.4 Å². The summed E-state index contributed by atoms with van der Waals surface area (Å²) in [5, 5.41) is 7.13. The Morgan fingerprint density at radius 1 is 1.14 bits per heavy atom. The van der Waals surface area contributed by atoms with Gasteiger partial charge < -0.3 is 10.1 Å². The number of nitrogens with zero attached hydrogens (tertiary/aromatic N) is 2. The minimum absolute atomic E-state index is 0.0388. The third kappa shape index (κ3) is 4.70. The zero-order chi connectivity index (χ0) is 20.3. The van der Waals surface area contributed by atoms with Crippen molar-refractivity contribution in [3.05, 3.63) is 48.1 Å². The molecule has 0 unspecified atom stereocenters. The quantitative estimate of drug-likeness (QED) is 0.555. The molecule has 0 spiro atoms. The van der Waals surface area contributed by atoms with Crippen molar-refractivity contribution in [2.75, 3.05) is 5.32 Å². The van der Waals surface area contributed by atoms with E-state index >= 15 is 0 Å². The maximum atomic E-state index is 12.2. The molecule has 1 saturated heterocycles. The fourth-order valence-electron chi connectivity index (χ4n) is 2.40. The van der Waals surface area contributed by atoms with Crippen molar-refractivity contribution in [1.29, 1.82) is 0 Å². The molecule has 4 amide bonds. The Morgan fingerprint density at radius 3 is 2.46 bits per heavy atom. The second kappa shape index (κ2) is 7.47. The molecular weight excluding hydrogens is 362 g/mol.